The van der Waals surface area contributed by atoms with Crippen molar-refractivity contribution in [3.63, 3.8) is 0 Å². The average molecular weight is 307 g/mol. The van der Waals surface area contributed by atoms with Gasteiger partial charge in [0.05, 0.1) is 0 Å². The summed E-state index contributed by atoms with van der Waals surface area (Å²) < 4.78 is 5.48. The number of amides is 1. The van der Waals surface area contributed by atoms with E-state index in [1.807, 2.05) is 7.05 Å². The van der Waals surface area contributed by atoms with E-state index in [9.17, 15) is 4.79 Å². The molecule has 1 saturated heterocycles. The summed E-state index contributed by atoms with van der Waals surface area (Å²) in [6.45, 7) is 3.05. The molecule has 0 spiro atoms. The van der Waals surface area contributed by atoms with Gasteiger partial charge in [0, 0.05) is 36.8 Å². The first-order valence-corrected chi connectivity index (χ1v) is 7.08. The van der Waals surface area contributed by atoms with Crippen LogP contribution in [-0.2, 0) is 0 Å². The quantitative estimate of drug-likeness (QED) is 0.846. The largest absolute Gasteiger partial charge is 0.412 e. The third-order valence-corrected chi connectivity index (χ3v) is 3.74. The first-order valence-electron chi connectivity index (χ1n) is 6.71. The number of benzene rings is 1. The van der Waals surface area contributed by atoms with Crippen LogP contribution in [0.3, 0.4) is 0 Å². The van der Waals surface area contributed by atoms with Crippen molar-refractivity contribution in [1.29, 1.82) is 0 Å². The normalized spacial score (nSPS) is 16.2. The zero-order valence-electron chi connectivity index (χ0n) is 11.6. The van der Waals surface area contributed by atoms with Gasteiger partial charge in [-0.25, -0.2) is 0 Å². The molecule has 1 fully saturated rings. The standard InChI is InChI=1S/C14H15ClN4O2/c1-18-6-8-19(9-7-18)14(20)13-17-16-12(21-13)10-2-4-11(15)5-3-10/h2-5H,6-9H2,1H3. The van der Waals surface area contributed by atoms with Crippen molar-refractivity contribution in [3.05, 3.63) is 35.2 Å². The monoisotopic (exact) mass is 306 g/mol. The maximum absolute atomic E-state index is 12.3. The van der Waals surface area contributed by atoms with Crippen LogP contribution in [0.1, 0.15) is 10.7 Å². The molecule has 1 aliphatic heterocycles. The van der Waals surface area contributed by atoms with Crippen LogP contribution < -0.4 is 0 Å². The molecule has 1 aromatic heterocycles. The van der Waals surface area contributed by atoms with Gasteiger partial charge in [-0.1, -0.05) is 11.6 Å². The summed E-state index contributed by atoms with van der Waals surface area (Å²) in [5.41, 5.74) is 0.740. The van der Waals surface area contributed by atoms with Gasteiger partial charge in [-0.2, -0.15) is 0 Å². The molecule has 110 valence electrons. The van der Waals surface area contributed by atoms with Gasteiger partial charge >= 0.3 is 11.8 Å². The number of likely N-dealkylation sites (N-methyl/N-ethyl adjacent to an activating group) is 1. The number of nitrogens with zero attached hydrogens (tertiary/aromatic N) is 4. The van der Waals surface area contributed by atoms with Crippen molar-refractivity contribution >= 4 is 17.5 Å². The number of piperazine rings is 1. The maximum atomic E-state index is 12.3. The number of carbonyl (C=O) groups is 1. The number of hydrogen-bond donors (Lipinski definition) is 0. The van der Waals surface area contributed by atoms with E-state index >= 15 is 0 Å². The molecule has 21 heavy (non-hydrogen) atoms. The van der Waals surface area contributed by atoms with Crippen LogP contribution in [0.15, 0.2) is 28.7 Å². The Kier molecular flexibility index (Phi) is 3.90. The van der Waals surface area contributed by atoms with E-state index in [1.54, 1.807) is 29.2 Å². The highest BCUT2D eigenvalue weighted by atomic mass is 35.5. The second-order valence-electron chi connectivity index (χ2n) is 5.01. The molecule has 1 aliphatic rings. The summed E-state index contributed by atoms with van der Waals surface area (Å²) in [7, 11) is 2.03. The van der Waals surface area contributed by atoms with Crippen LogP contribution in [0.4, 0.5) is 0 Å². The highest BCUT2D eigenvalue weighted by molar-refractivity contribution is 6.30. The number of halogens is 1. The zero-order valence-corrected chi connectivity index (χ0v) is 12.4. The first-order chi connectivity index (χ1) is 10.1. The highest BCUT2D eigenvalue weighted by Crippen LogP contribution is 2.20. The van der Waals surface area contributed by atoms with Crippen molar-refractivity contribution in [3.8, 4) is 11.5 Å². The Bertz CT molecular complexity index is 633. The third kappa shape index (κ3) is 3.06. The Morgan fingerprint density at radius 2 is 1.81 bits per heavy atom. The van der Waals surface area contributed by atoms with Crippen LogP contribution in [0.25, 0.3) is 11.5 Å². The van der Waals surface area contributed by atoms with Crippen LogP contribution in [0, 0.1) is 0 Å². The molecule has 0 aliphatic carbocycles. The maximum Gasteiger partial charge on any atom is 0.311 e. The summed E-state index contributed by atoms with van der Waals surface area (Å²) in [4.78, 5) is 16.2. The summed E-state index contributed by atoms with van der Waals surface area (Å²) >= 11 is 5.84. The molecule has 0 N–H and O–H groups in total. The molecule has 0 atom stereocenters. The second kappa shape index (κ2) is 5.83. The zero-order chi connectivity index (χ0) is 14.8. The number of aromatic nitrogens is 2. The van der Waals surface area contributed by atoms with Gasteiger partial charge in [0.25, 0.3) is 0 Å². The lowest BCUT2D eigenvalue weighted by molar-refractivity contribution is 0.0625. The number of hydrogen-bond acceptors (Lipinski definition) is 5. The van der Waals surface area contributed by atoms with Gasteiger partial charge < -0.3 is 14.2 Å². The molecule has 1 amide bonds. The van der Waals surface area contributed by atoms with Gasteiger partial charge in [0.2, 0.25) is 5.89 Å². The molecule has 1 aromatic carbocycles. The number of rotatable bonds is 2. The van der Waals surface area contributed by atoms with E-state index in [0.29, 0.717) is 24.0 Å². The summed E-state index contributed by atoms with van der Waals surface area (Å²) in [6, 6.07) is 7.03. The van der Waals surface area contributed by atoms with E-state index in [4.69, 9.17) is 16.0 Å². The van der Waals surface area contributed by atoms with Crippen molar-refractivity contribution in [2.75, 3.05) is 33.2 Å². The van der Waals surface area contributed by atoms with Gasteiger partial charge in [0.15, 0.2) is 0 Å². The van der Waals surface area contributed by atoms with E-state index in [-0.39, 0.29) is 11.8 Å². The summed E-state index contributed by atoms with van der Waals surface area (Å²) in [6.07, 6.45) is 0. The van der Waals surface area contributed by atoms with Crippen LogP contribution in [-0.4, -0.2) is 59.1 Å². The molecule has 0 radical (unpaired) electrons. The van der Waals surface area contributed by atoms with Crippen LogP contribution in [0.2, 0.25) is 5.02 Å². The minimum Gasteiger partial charge on any atom is -0.412 e. The Balaban J connectivity index is 1.75. The molecule has 6 nitrogen and oxygen atoms in total. The SMILES string of the molecule is CN1CCN(C(=O)c2nnc(-c3ccc(Cl)cc3)o2)CC1. The lowest BCUT2D eigenvalue weighted by Crippen LogP contribution is -2.47. The van der Waals surface area contributed by atoms with Crippen molar-refractivity contribution < 1.29 is 9.21 Å². The minimum absolute atomic E-state index is 0.0319. The Hall–Kier alpha value is -1.92. The van der Waals surface area contributed by atoms with E-state index in [0.717, 1.165) is 18.7 Å². The van der Waals surface area contributed by atoms with E-state index in [1.165, 1.54) is 0 Å². The molecule has 0 unspecified atom stereocenters. The molecule has 0 bridgehead atoms. The topological polar surface area (TPSA) is 62.5 Å². The predicted octanol–water partition coefficient (Wildman–Crippen LogP) is 1.78. The number of carbonyl (C=O) groups excluding carboxylic acids is 1. The fourth-order valence-corrected chi connectivity index (χ4v) is 2.29. The van der Waals surface area contributed by atoms with Crippen LogP contribution >= 0.6 is 11.6 Å². The van der Waals surface area contributed by atoms with E-state index in [2.05, 4.69) is 15.1 Å². The summed E-state index contributed by atoms with van der Waals surface area (Å²) in [5, 5.41) is 8.42. The molecule has 0 saturated carbocycles. The predicted molar refractivity (Wildman–Crippen MR) is 78.1 cm³/mol. The van der Waals surface area contributed by atoms with Crippen LogP contribution in [0.5, 0.6) is 0 Å². The van der Waals surface area contributed by atoms with Gasteiger partial charge in [-0.3, -0.25) is 4.79 Å². The Labute approximate surface area is 127 Å². The fourth-order valence-electron chi connectivity index (χ4n) is 2.16. The molecular formula is C14H15ClN4O2. The minimum atomic E-state index is -0.212. The Morgan fingerprint density at radius 1 is 1.14 bits per heavy atom. The molecular weight excluding hydrogens is 292 g/mol. The average Bonchev–Trinajstić information content (AvgIpc) is 2.98. The first kappa shape index (κ1) is 14.0. The smallest absolute Gasteiger partial charge is 0.311 e. The highest BCUT2D eigenvalue weighted by Gasteiger charge is 2.25. The van der Waals surface area contributed by atoms with Crippen molar-refractivity contribution in [2.24, 2.45) is 0 Å². The molecule has 7 heteroatoms. The van der Waals surface area contributed by atoms with E-state index < -0.39 is 0 Å². The molecule has 2 heterocycles. The lowest BCUT2D eigenvalue weighted by atomic mass is 10.2. The molecule has 2 aromatic rings. The van der Waals surface area contributed by atoms with Gasteiger partial charge in [0.1, 0.15) is 0 Å². The van der Waals surface area contributed by atoms with Gasteiger partial charge in [-0.15, -0.1) is 10.2 Å². The Morgan fingerprint density at radius 3 is 2.48 bits per heavy atom. The fraction of sp³-hybridized carbons (Fsp3) is 0.357. The van der Waals surface area contributed by atoms with Gasteiger partial charge in [-0.05, 0) is 31.3 Å². The lowest BCUT2D eigenvalue weighted by Gasteiger charge is -2.31. The van der Waals surface area contributed by atoms with Crippen molar-refractivity contribution in [2.45, 2.75) is 0 Å². The van der Waals surface area contributed by atoms with Crippen molar-refractivity contribution in [1.82, 2.24) is 20.0 Å². The summed E-state index contributed by atoms with van der Waals surface area (Å²) in [5.74, 6) is 0.143. The molecule has 3 rings (SSSR count). The third-order valence-electron chi connectivity index (χ3n) is 3.49. The second-order valence-corrected chi connectivity index (χ2v) is 5.45.